The number of fused-ring (bicyclic) bond motifs is 1. The highest BCUT2D eigenvalue weighted by atomic mass is 16.1. The molecule has 11 heavy (non-hydrogen) atoms. The lowest BCUT2D eigenvalue weighted by molar-refractivity contribution is -0.121. The highest BCUT2D eigenvalue weighted by Gasteiger charge is 2.28. The van der Waals surface area contributed by atoms with E-state index < -0.39 is 0 Å². The van der Waals surface area contributed by atoms with Crippen molar-refractivity contribution in [2.75, 3.05) is 13.1 Å². The Hall–Kier alpha value is -0.630. The third-order valence-electron chi connectivity index (χ3n) is 2.56. The molecule has 0 bridgehead atoms. The lowest BCUT2D eigenvalue weighted by Gasteiger charge is -2.35. The number of ketones is 1. The van der Waals surface area contributed by atoms with Gasteiger partial charge < -0.3 is 0 Å². The fourth-order valence-electron chi connectivity index (χ4n) is 1.95. The summed E-state index contributed by atoms with van der Waals surface area (Å²) in [7, 11) is 0. The second-order valence-corrected chi connectivity index (χ2v) is 3.31. The Kier molecular flexibility index (Phi) is 1.78. The third kappa shape index (κ3) is 1.23. The van der Waals surface area contributed by atoms with Crippen LogP contribution in [-0.2, 0) is 4.79 Å². The molecule has 0 spiro atoms. The largest absolute Gasteiger partial charge is 0.293 e. The predicted molar refractivity (Wildman–Crippen MR) is 43.4 cm³/mol. The second kappa shape index (κ2) is 2.78. The molecule has 1 fully saturated rings. The summed E-state index contributed by atoms with van der Waals surface area (Å²) in [5.41, 5.74) is 0. The Bertz CT molecular complexity index is 198. The molecular weight excluding hydrogens is 138 g/mol. The van der Waals surface area contributed by atoms with Crippen LogP contribution in [0.5, 0.6) is 0 Å². The van der Waals surface area contributed by atoms with Crippen LogP contribution in [0, 0.1) is 0 Å². The molecule has 0 amide bonds. The minimum atomic E-state index is 0.230. The fraction of sp³-hybridized carbons (Fsp3) is 0.667. The third-order valence-corrected chi connectivity index (χ3v) is 2.56. The van der Waals surface area contributed by atoms with Crippen molar-refractivity contribution in [2.45, 2.75) is 25.3 Å². The number of hydrogen-bond acceptors (Lipinski definition) is 2. The zero-order valence-corrected chi connectivity index (χ0v) is 6.62. The molecule has 2 rings (SSSR count). The van der Waals surface area contributed by atoms with Gasteiger partial charge in [0.25, 0.3) is 0 Å². The Morgan fingerprint density at radius 3 is 3.18 bits per heavy atom. The topological polar surface area (TPSA) is 20.3 Å². The van der Waals surface area contributed by atoms with Crippen LogP contribution in [-0.4, -0.2) is 29.8 Å². The summed E-state index contributed by atoms with van der Waals surface area (Å²) in [5.74, 6) is 0.316. The Balaban J connectivity index is 2.14. The van der Waals surface area contributed by atoms with E-state index in [9.17, 15) is 4.79 Å². The van der Waals surface area contributed by atoms with Gasteiger partial charge in [-0.25, -0.2) is 0 Å². The molecule has 1 atom stereocenters. The quantitative estimate of drug-likeness (QED) is 0.514. The average Bonchev–Trinajstić information content (AvgIpc) is 2.06. The van der Waals surface area contributed by atoms with E-state index in [0.29, 0.717) is 5.78 Å². The molecule has 2 nitrogen and oxygen atoms in total. The van der Waals surface area contributed by atoms with Gasteiger partial charge in [-0.15, -0.1) is 0 Å². The molecule has 0 aromatic rings. The maximum absolute atomic E-state index is 11.3. The van der Waals surface area contributed by atoms with Crippen molar-refractivity contribution in [3.8, 4) is 0 Å². The summed E-state index contributed by atoms with van der Waals surface area (Å²) >= 11 is 0. The van der Waals surface area contributed by atoms with Gasteiger partial charge in [-0.1, -0.05) is 12.5 Å². The van der Waals surface area contributed by atoms with Crippen LogP contribution in [0.4, 0.5) is 0 Å². The molecule has 0 aromatic heterocycles. The van der Waals surface area contributed by atoms with Crippen molar-refractivity contribution < 1.29 is 4.79 Å². The summed E-state index contributed by atoms with van der Waals surface area (Å²) < 4.78 is 0. The predicted octanol–water partition coefficient (Wildman–Crippen LogP) is 0.980. The minimum absolute atomic E-state index is 0.230. The maximum Gasteiger partial charge on any atom is 0.172 e. The maximum atomic E-state index is 11.3. The Labute approximate surface area is 66.9 Å². The van der Waals surface area contributed by atoms with Gasteiger partial charge in [0.2, 0.25) is 0 Å². The Morgan fingerprint density at radius 2 is 2.36 bits per heavy atom. The molecule has 0 unspecified atom stereocenters. The molecule has 60 valence electrons. The monoisotopic (exact) mass is 151 g/mol. The molecule has 0 aromatic carbocycles. The molecule has 2 heterocycles. The molecule has 0 N–H and O–H groups in total. The highest BCUT2D eigenvalue weighted by Crippen LogP contribution is 2.20. The van der Waals surface area contributed by atoms with Gasteiger partial charge in [0.05, 0.1) is 6.04 Å². The fourth-order valence-corrected chi connectivity index (χ4v) is 1.95. The highest BCUT2D eigenvalue weighted by molar-refractivity contribution is 5.95. The summed E-state index contributed by atoms with van der Waals surface area (Å²) in [6, 6.07) is 0.230. The van der Waals surface area contributed by atoms with Crippen LogP contribution in [0.2, 0.25) is 0 Å². The van der Waals surface area contributed by atoms with E-state index in [1.54, 1.807) is 6.08 Å². The van der Waals surface area contributed by atoms with Crippen LogP contribution >= 0.6 is 0 Å². The van der Waals surface area contributed by atoms with E-state index in [-0.39, 0.29) is 6.04 Å². The van der Waals surface area contributed by atoms with Gasteiger partial charge in [-0.2, -0.15) is 0 Å². The van der Waals surface area contributed by atoms with E-state index in [1.165, 1.54) is 12.8 Å². The molecule has 1 saturated heterocycles. The lowest BCUT2D eigenvalue weighted by atomic mass is 9.96. The van der Waals surface area contributed by atoms with Crippen molar-refractivity contribution in [3.63, 3.8) is 0 Å². The molecular formula is C9H13NO. The molecule has 2 aliphatic rings. The summed E-state index contributed by atoms with van der Waals surface area (Å²) in [4.78, 5) is 13.6. The second-order valence-electron chi connectivity index (χ2n) is 3.31. The van der Waals surface area contributed by atoms with Crippen molar-refractivity contribution >= 4 is 5.78 Å². The zero-order chi connectivity index (χ0) is 7.68. The van der Waals surface area contributed by atoms with Crippen molar-refractivity contribution in [1.29, 1.82) is 0 Å². The molecule has 0 radical (unpaired) electrons. The Morgan fingerprint density at radius 1 is 1.45 bits per heavy atom. The number of nitrogens with zero attached hydrogens (tertiary/aromatic N) is 1. The summed E-state index contributed by atoms with van der Waals surface area (Å²) in [6.07, 6.45) is 7.28. The molecule has 0 aliphatic carbocycles. The van der Waals surface area contributed by atoms with Gasteiger partial charge in [-0.05, 0) is 25.5 Å². The van der Waals surface area contributed by atoms with Crippen LogP contribution in [0.1, 0.15) is 19.3 Å². The van der Waals surface area contributed by atoms with Gasteiger partial charge >= 0.3 is 0 Å². The van der Waals surface area contributed by atoms with Crippen LogP contribution < -0.4 is 0 Å². The van der Waals surface area contributed by atoms with Crippen LogP contribution in [0.25, 0.3) is 0 Å². The smallest absolute Gasteiger partial charge is 0.172 e. The standard InChI is InChI=1S/C9H13NO/c11-9-5-3-7-10-6-2-1-4-8(9)10/h3,5,8H,1-2,4,6-7H2/t8-/m0/s1. The van der Waals surface area contributed by atoms with E-state index in [4.69, 9.17) is 0 Å². The first-order valence-corrected chi connectivity index (χ1v) is 4.32. The molecule has 0 saturated carbocycles. The first-order valence-electron chi connectivity index (χ1n) is 4.32. The zero-order valence-electron chi connectivity index (χ0n) is 6.62. The summed E-state index contributed by atoms with van der Waals surface area (Å²) in [6.45, 7) is 2.09. The number of piperidine rings is 1. The number of rotatable bonds is 0. The van der Waals surface area contributed by atoms with Gasteiger partial charge in [0.1, 0.15) is 0 Å². The van der Waals surface area contributed by atoms with E-state index >= 15 is 0 Å². The number of carbonyl (C=O) groups excluding carboxylic acids is 1. The number of hydrogen-bond donors (Lipinski definition) is 0. The van der Waals surface area contributed by atoms with Crippen molar-refractivity contribution in [3.05, 3.63) is 12.2 Å². The lowest BCUT2D eigenvalue weighted by Crippen LogP contribution is -2.46. The SMILES string of the molecule is O=C1C=CCN2CCCC[C@@H]12. The summed E-state index contributed by atoms with van der Waals surface area (Å²) in [5, 5.41) is 0. The van der Waals surface area contributed by atoms with Crippen LogP contribution in [0.3, 0.4) is 0 Å². The van der Waals surface area contributed by atoms with Crippen molar-refractivity contribution in [2.24, 2.45) is 0 Å². The van der Waals surface area contributed by atoms with E-state index in [0.717, 1.165) is 19.5 Å². The van der Waals surface area contributed by atoms with E-state index in [2.05, 4.69) is 4.90 Å². The normalized spacial score (nSPS) is 32.0. The molecule has 2 heteroatoms. The first-order chi connectivity index (χ1) is 5.38. The first kappa shape index (κ1) is 7.04. The van der Waals surface area contributed by atoms with Crippen LogP contribution in [0.15, 0.2) is 12.2 Å². The van der Waals surface area contributed by atoms with Crippen molar-refractivity contribution in [1.82, 2.24) is 4.90 Å². The molecule has 2 aliphatic heterocycles. The average molecular weight is 151 g/mol. The van der Waals surface area contributed by atoms with Gasteiger partial charge in [0.15, 0.2) is 5.78 Å². The number of carbonyl (C=O) groups is 1. The van der Waals surface area contributed by atoms with Gasteiger partial charge in [-0.3, -0.25) is 9.69 Å². The van der Waals surface area contributed by atoms with E-state index in [1.807, 2.05) is 6.08 Å². The minimum Gasteiger partial charge on any atom is -0.293 e. The van der Waals surface area contributed by atoms with Gasteiger partial charge in [0, 0.05) is 6.54 Å².